The van der Waals surface area contributed by atoms with Crippen LogP contribution in [0.25, 0.3) is 0 Å². The van der Waals surface area contributed by atoms with Crippen LogP contribution in [0.15, 0.2) is 18.5 Å². The molecule has 0 aromatic carbocycles. The molecule has 66 valence electrons. The molecule has 0 atom stereocenters. The summed E-state index contributed by atoms with van der Waals surface area (Å²) in [6, 6.07) is 3.46. The molecule has 0 spiro atoms. The van der Waals surface area contributed by atoms with Gasteiger partial charge in [-0.15, -0.1) is 0 Å². The van der Waals surface area contributed by atoms with Crippen LogP contribution in [-0.4, -0.2) is 22.6 Å². The van der Waals surface area contributed by atoms with Gasteiger partial charge in [-0.3, -0.25) is 9.78 Å². The minimum atomic E-state index is -0.972. The fourth-order valence-electron chi connectivity index (χ4n) is 0.809. The van der Waals surface area contributed by atoms with Gasteiger partial charge >= 0.3 is 5.97 Å². The summed E-state index contributed by atoms with van der Waals surface area (Å²) < 4.78 is 0. The molecule has 0 amide bonds. The van der Waals surface area contributed by atoms with Gasteiger partial charge in [-0.05, 0) is 6.07 Å². The molecule has 0 aliphatic rings. The molecule has 1 rings (SSSR count). The van der Waals surface area contributed by atoms with Gasteiger partial charge < -0.3 is 10.4 Å². The molecule has 1 aromatic heterocycles. The van der Waals surface area contributed by atoms with Crippen LogP contribution in [0.4, 0.5) is 5.69 Å². The third-order valence-corrected chi connectivity index (χ3v) is 1.37. The number of pyridine rings is 1. The number of carboxylic acids is 1. The zero-order valence-corrected chi connectivity index (χ0v) is 6.69. The number of anilines is 1. The van der Waals surface area contributed by atoms with Gasteiger partial charge in [-0.2, -0.15) is 5.26 Å². The van der Waals surface area contributed by atoms with Gasteiger partial charge in [0.1, 0.15) is 12.6 Å². The first-order chi connectivity index (χ1) is 6.24. The summed E-state index contributed by atoms with van der Waals surface area (Å²) in [5.74, 6) is -0.972. The van der Waals surface area contributed by atoms with Crippen molar-refractivity contribution >= 4 is 11.7 Å². The standard InChI is InChI=1S/C8H7N3O2/c9-3-6-4-10-2-1-7(6)11-5-8(12)13/h1-2,4H,5H2,(H,10,11)(H,12,13). The van der Waals surface area contributed by atoms with Gasteiger partial charge in [0.15, 0.2) is 0 Å². The van der Waals surface area contributed by atoms with E-state index in [1.165, 1.54) is 12.4 Å². The predicted octanol–water partition coefficient (Wildman–Crippen LogP) is 0.450. The quantitative estimate of drug-likeness (QED) is 0.700. The van der Waals surface area contributed by atoms with E-state index < -0.39 is 5.97 Å². The molecule has 0 unspecified atom stereocenters. The number of nitrogens with one attached hydrogen (secondary N) is 1. The lowest BCUT2D eigenvalue weighted by Crippen LogP contribution is -2.13. The predicted molar refractivity (Wildman–Crippen MR) is 45.1 cm³/mol. The molecule has 0 saturated carbocycles. The van der Waals surface area contributed by atoms with Gasteiger partial charge in [0.05, 0.1) is 11.3 Å². The second-order valence-electron chi connectivity index (χ2n) is 2.28. The highest BCUT2D eigenvalue weighted by molar-refractivity contribution is 5.73. The van der Waals surface area contributed by atoms with Crippen LogP contribution in [0.3, 0.4) is 0 Å². The van der Waals surface area contributed by atoms with Crippen LogP contribution in [0, 0.1) is 11.3 Å². The van der Waals surface area contributed by atoms with E-state index in [2.05, 4.69) is 10.3 Å². The van der Waals surface area contributed by atoms with Crippen molar-refractivity contribution in [3.8, 4) is 6.07 Å². The second-order valence-corrected chi connectivity index (χ2v) is 2.28. The Kier molecular flexibility index (Phi) is 2.82. The smallest absolute Gasteiger partial charge is 0.322 e. The number of aromatic nitrogens is 1. The van der Waals surface area contributed by atoms with Gasteiger partial charge in [0.2, 0.25) is 0 Å². The third kappa shape index (κ3) is 2.45. The van der Waals surface area contributed by atoms with Gasteiger partial charge in [-0.25, -0.2) is 0 Å². The Balaban J connectivity index is 2.77. The summed E-state index contributed by atoms with van der Waals surface area (Å²) >= 11 is 0. The summed E-state index contributed by atoms with van der Waals surface area (Å²) in [6.45, 7) is -0.210. The van der Waals surface area contributed by atoms with E-state index >= 15 is 0 Å². The maximum atomic E-state index is 10.2. The fraction of sp³-hybridized carbons (Fsp3) is 0.125. The number of rotatable bonds is 3. The van der Waals surface area contributed by atoms with Crippen LogP contribution in [0.5, 0.6) is 0 Å². The fourth-order valence-corrected chi connectivity index (χ4v) is 0.809. The Morgan fingerprint density at radius 2 is 2.54 bits per heavy atom. The molecule has 1 aromatic rings. The average Bonchev–Trinajstić information content (AvgIpc) is 2.15. The number of nitrogens with zero attached hydrogens (tertiary/aromatic N) is 2. The molecule has 0 aliphatic heterocycles. The van der Waals surface area contributed by atoms with Crippen LogP contribution in [-0.2, 0) is 4.79 Å². The number of aliphatic carboxylic acids is 1. The highest BCUT2D eigenvalue weighted by Crippen LogP contribution is 2.10. The van der Waals surface area contributed by atoms with Crippen molar-refractivity contribution in [3.63, 3.8) is 0 Å². The zero-order valence-electron chi connectivity index (χ0n) is 6.69. The summed E-state index contributed by atoms with van der Waals surface area (Å²) in [5.41, 5.74) is 0.823. The van der Waals surface area contributed by atoms with E-state index in [9.17, 15) is 4.79 Å². The summed E-state index contributed by atoms with van der Waals surface area (Å²) in [4.78, 5) is 13.9. The first-order valence-corrected chi connectivity index (χ1v) is 3.54. The maximum absolute atomic E-state index is 10.2. The Morgan fingerprint density at radius 1 is 1.77 bits per heavy atom. The van der Waals surface area contributed by atoms with Crippen LogP contribution in [0.1, 0.15) is 5.56 Å². The van der Waals surface area contributed by atoms with Gasteiger partial charge in [0.25, 0.3) is 0 Å². The van der Waals surface area contributed by atoms with E-state index in [1.807, 2.05) is 6.07 Å². The Morgan fingerprint density at radius 3 is 3.15 bits per heavy atom. The molecular formula is C8H7N3O2. The molecule has 2 N–H and O–H groups in total. The van der Waals surface area contributed by atoms with Crippen molar-refractivity contribution < 1.29 is 9.90 Å². The maximum Gasteiger partial charge on any atom is 0.322 e. The molecule has 13 heavy (non-hydrogen) atoms. The Labute approximate surface area is 74.6 Å². The summed E-state index contributed by atoms with van der Waals surface area (Å²) in [7, 11) is 0. The molecule has 0 aliphatic carbocycles. The lowest BCUT2D eigenvalue weighted by Gasteiger charge is -2.03. The normalized spacial score (nSPS) is 8.85. The number of carbonyl (C=O) groups is 1. The lowest BCUT2D eigenvalue weighted by atomic mass is 10.2. The lowest BCUT2D eigenvalue weighted by molar-refractivity contribution is -0.134. The van der Waals surface area contributed by atoms with Crippen molar-refractivity contribution in [2.24, 2.45) is 0 Å². The first kappa shape index (κ1) is 9.00. The molecular weight excluding hydrogens is 170 g/mol. The zero-order chi connectivity index (χ0) is 9.68. The number of nitriles is 1. The van der Waals surface area contributed by atoms with Crippen molar-refractivity contribution in [2.45, 2.75) is 0 Å². The van der Waals surface area contributed by atoms with E-state index in [0.29, 0.717) is 11.3 Å². The third-order valence-electron chi connectivity index (χ3n) is 1.37. The minimum absolute atomic E-state index is 0.210. The Hall–Kier alpha value is -2.09. The summed E-state index contributed by atoms with van der Waals surface area (Å²) in [5, 5.41) is 19.6. The number of hydrogen-bond donors (Lipinski definition) is 2. The molecule has 1 heterocycles. The largest absolute Gasteiger partial charge is 0.480 e. The van der Waals surface area contributed by atoms with Crippen LogP contribution < -0.4 is 5.32 Å². The van der Waals surface area contributed by atoms with Crippen molar-refractivity contribution in [3.05, 3.63) is 24.0 Å². The molecule has 0 radical (unpaired) electrons. The number of carboxylic acid groups (broad SMARTS) is 1. The summed E-state index contributed by atoms with van der Waals surface area (Å²) in [6.07, 6.45) is 2.87. The van der Waals surface area contributed by atoms with Gasteiger partial charge in [-0.1, -0.05) is 0 Å². The second kappa shape index (κ2) is 4.07. The van der Waals surface area contributed by atoms with Crippen molar-refractivity contribution in [1.29, 1.82) is 5.26 Å². The average molecular weight is 177 g/mol. The van der Waals surface area contributed by atoms with Crippen LogP contribution >= 0.6 is 0 Å². The SMILES string of the molecule is N#Cc1cnccc1NCC(=O)O. The molecule has 0 saturated heterocycles. The van der Waals surface area contributed by atoms with Crippen LogP contribution in [0.2, 0.25) is 0 Å². The highest BCUT2D eigenvalue weighted by atomic mass is 16.4. The molecule has 5 nitrogen and oxygen atoms in total. The van der Waals surface area contributed by atoms with E-state index in [-0.39, 0.29) is 6.54 Å². The highest BCUT2D eigenvalue weighted by Gasteiger charge is 2.01. The molecule has 0 bridgehead atoms. The first-order valence-electron chi connectivity index (χ1n) is 3.54. The molecule has 5 heteroatoms. The van der Waals surface area contributed by atoms with E-state index in [4.69, 9.17) is 10.4 Å². The van der Waals surface area contributed by atoms with Crippen molar-refractivity contribution in [2.75, 3.05) is 11.9 Å². The topological polar surface area (TPSA) is 86.0 Å². The molecule has 0 fully saturated rings. The Bertz CT molecular complexity index is 357. The number of hydrogen-bond acceptors (Lipinski definition) is 4. The van der Waals surface area contributed by atoms with Gasteiger partial charge in [0, 0.05) is 12.4 Å². The van der Waals surface area contributed by atoms with E-state index in [1.54, 1.807) is 6.07 Å². The van der Waals surface area contributed by atoms with Crippen molar-refractivity contribution in [1.82, 2.24) is 4.98 Å². The monoisotopic (exact) mass is 177 g/mol. The minimum Gasteiger partial charge on any atom is -0.480 e. The van der Waals surface area contributed by atoms with E-state index in [0.717, 1.165) is 0 Å².